The average molecular weight is 212 g/mol. The summed E-state index contributed by atoms with van der Waals surface area (Å²) in [5.74, 6) is 1.07. The van der Waals surface area contributed by atoms with Crippen molar-refractivity contribution >= 4 is 5.84 Å². The molecule has 15 heavy (non-hydrogen) atoms. The number of hydrogen-bond donors (Lipinski definition) is 3. The van der Waals surface area contributed by atoms with Crippen LogP contribution in [0.2, 0.25) is 0 Å². The van der Waals surface area contributed by atoms with Gasteiger partial charge in [-0.2, -0.15) is 0 Å². The second kappa shape index (κ2) is 6.02. The molecule has 6 nitrogen and oxygen atoms in total. The van der Waals surface area contributed by atoms with Crippen LogP contribution in [0.1, 0.15) is 24.3 Å². The summed E-state index contributed by atoms with van der Waals surface area (Å²) in [5.41, 5.74) is 6.20. The van der Waals surface area contributed by atoms with E-state index in [1.54, 1.807) is 0 Å². The summed E-state index contributed by atoms with van der Waals surface area (Å²) in [6.07, 6.45) is 1.41. The average Bonchev–Trinajstić information content (AvgIpc) is 2.63. The van der Waals surface area contributed by atoms with Crippen LogP contribution in [0, 0.1) is 6.92 Å². The standard InChI is InChI=1S/C9H16N4O2/c1-7-5-8(13-15-7)6-11-4-2-3-9(10)12-14/h5,11,14H,2-4,6H2,1H3,(H2,10,12). The minimum atomic E-state index is 0.258. The molecule has 0 aliphatic heterocycles. The molecule has 0 saturated carbocycles. The second-order valence-electron chi connectivity index (χ2n) is 3.30. The van der Waals surface area contributed by atoms with Crippen molar-refractivity contribution in [1.29, 1.82) is 0 Å². The Hall–Kier alpha value is -1.56. The molecule has 0 spiro atoms. The van der Waals surface area contributed by atoms with Crippen molar-refractivity contribution in [1.82, 2.24) is 10.5 Å². The number of oxime groups is 1. The van der Waals surface area contributed by atoms with Gasteiger partial charge in [-0.15, -0.1) is 0 Å². The van der Waals surface area contributed by atoms with Gasteiger partial charge in [-0.1, -0.05) is 10.3 Å². The van der Waals surface area contributed by atoms with Gasteiger partial charge >= 0.3 is 0 Å². The molecule has 1 rings (SSSR count). The van der Waals surface area contributed by atoms with Crippen LogP contribution >= 0.6 is 0 Å². The zero-order valence-corrected chi connectivity index (χ0v) is 8.73. The number of hydrogen-bond acceptors (Lipinski definition) is 5. The maximum atomic E-state index is 8.29. The van der Waals surface area contributed by atoms with Crippen LogP contribution in [0.3, 0.4) is 0 Å². The highest BCUT2D eigenvalue weighted by molar-refractivity contribution is 5.79. The molecule has 0 aromatic carbocycles. The van der Waals surface area contributed by atoms with Gasteiger partial charge in [0.25, 0.3) is 0 Å². The fraction of sp³-hybridized carbons (Fsp3) is 0.556. The Bertz CT molecular complexity index is 322. The lowest BCUT2D eigenvalue weighted by Gasteiger charge is -2.00. The Kier molecular flexibility index (Phi) is 4.62. The van der Waals surface area contributed by atoms with E-state index < -0.39 is 0 Å². The first-order valence-corrected chi connectivity index (χ1v) is 4.81. The topological polar surface area (TPSA) is 96.7 Å². The van der Waals surface area contributed by atoms with Gasteiger partial charge in [-0.3, -0.25) is 0 Å². The molecular formula is C9H16N4O2. The minimum Gasteiger partial charge on any atom is -0.409 e. The summed E-state index contributed by atoms with van der Waals surface area (Å²) in [7, 11) is 0. The molecule has 4 N–H and O–H groups in total. The molecule has 0 fully saturated rings. The molecule has 0 aliphatic rings. The molecule has 0 radical (unpaired) electrons. The largest absolute Gasteiger partial charge is 0.409 e. The predicted octanol–water partition coefficient (Wildman–Crippen LogP) is 0.599. The minimum absolute atomic E-state index is 0.258. The summed E-state index contributed by atoms with van der Waals surface area (Å²) < 4.78 is 4.91. The molecule has 6 heteroatoms. The highest BCUT2D eigenvalue weighted by Gasteiger charge is 1.99. The summed E-state index contributed by atoms with van der Waals surface area (Å²) in [4.78, 5) is 0. The Balaban J connectivity index is 2.07. The Morgan fingerprint density at radius 1 is 1.73 bits per heavy atom. The van der Waals surface area contributed by atoms with Crippen LogP contribution in [0.5, 0.6) is 0 Å². The van der Waals surface area contributed by atoms with Crippen molar-refractivity contribution in [3.63, 3.8) is 0 Å². The zero-order chi connectivity index (χ0) is 11.1. The van der Waals surface area contributed by atoms with E-state index in [2.05, 4.69) is 15.6 Å². The van der Waals surface area contributed by atoms with E-state index in [1.807, 2.05) is 13.0 Å². The van der Waals surface area contributed by atoms with Crippen molar-refractivity contribution in [3.8, 4) is 0 Å². The first kappa shape index (κ1) is 11.5. The van der Waals surface area contributed by atoms with E-state index in [0.717, 1.165) is 24.4 Å². The quantitative estimate of drug-likeness (QED) is 0.211. The summed E-state index contributed by atoms with van der Waals surface area (Å²) in [6.45, 7) is 3.32. The molecule has 0 bridgehead atoms. The molecule has 1 aromatic heterocycles. The number of nitrogens with zero attached hydrogens (tertiary/aromatic N) is 2. The van der Waals surface area contributed by atoms with Gasteiger partial charge in [0.2, 0.25) is 0 Å². The number of aromatic nitrogens is 1. The Morgan fingerprint density at radius 3 is 3.13 bits per heavy atom. The number of amidine groups is 1. The van der Waals surface area contributed by atoms with Crippen molar-refractivity contribution < 1.29 is 9.73 Å². The van der Waals surface area contributed by atoms with Crippen molar-refractivity contribution in [2.24, 2.45) is 10.9 Å². The fourth-order valence-corrected chi connectivity index (χ4v) is 1.16. The first-order chi connectivity index (χ1) is 7.22. The lowest BCUT2D eigenvalue weighted by molar-refractivity contribution is 0.316. The zero-order valence-electron chi connectivity index (χ0n) is 8.73. The van der Waals surface area contributed by atoms with Gasteiger partial charge in [-0.25, -0.2) is 0 Å². The lowest BCUT2D eigenvalue weighted by Crippen LogP contribution is -2.18. The van der Waals surface area contributed by atoms with Crippen LogP contribution < -0.4 is 11.1 Å². The lowest BCUT2D eigenvalue weighted by atomic mass is 10.3. The number of nitrogens with two attached hydrogens (primary N) is 1. The van der Waals surface area contributed by atoms with E-state index in [1.165, 1.54) is 0 Å². The molecule has 1 heterocycles. The Morgan fingerprint density at radius 2 is 2.53 bits per heavy atom. The molecule has 0 unspecified atom stereocenters. The van der Waals surface area contributed by atoms with E-state index in [4.69, 9.17) is 15.5 Å². The molecule has 84 valence electrons. The van der Waals surface area contributed by atoms with Crippen molar-refractivity contribution in [2.75, 3.05) is 6.54 Å². The van der Waals surface area contributed by atoms with Crippen LogP contribution in [0.4, 0.5) is 0 Å². The van der Waals surface area contributed by atoms with Gasteiger partial charge in [0, 0.05) is 19.0 Å². The molecule has 1 aromatic rings. The third-order valence-corrected chi connectivity index (χ3v) is 1.90. The normalized spacial score (nSPS) is 11.9. The van der Waals surface area contributed by atoms with E-state index >= 15 is 0 Å². The van der Waals surface area contributed by atoms with Crippen LogP contribution in [0.25, 0.3) is 0 Å². The molecule has 0 saturated heterocycles. The van der Waals surface area contributed by atoms with Crippen LogP contribution in [0.15, 0.2) is 15.7 Å². The first-order valence-electron chi connectivity index (χ1n) is 4.81. The molecular weight excluding hydrogens is 196 g/mol. The Labute approximate surface area is 88.1 Å². The molecule has 0 aliphatic carbocycles. The van der Waals surface area contributed by atoms with Gasteiger partial charge in [0.15, 0.2) is 0 Å². The van der Waals surface area contributed by atoms with Crippen LogP contribution in [-0.2, 0) is 6.54 Å². The SMILES string of the molecule is Cc1cc(CNCCCC(N)=NO)no1. The van der Waals surface area contributed by atoms with Gasteiger partial charge in [0.05, 0.1) is 5.69 Å². The van der Waals surface area contributed by atoms with E-state index in [9.17, 15) is 0 Å². The highest BCUT2D eigenvalue weighted by atomic mass is 16.5. The van der Waals surface area contributed by atoms with Gasteiger partial charge in [-0.05, 0) is 19.9 Å². The van der Waals surface area contributed by atoms with Crippen molar-refractivity contribution in [3.05, 3.63) is 17.5 Å². The van der Waals surface area contributed by atoms with E-state index in [0.29, 0.717) is 13.0 Å². The fourth-order valence-electron chi connectivity index (χ4n) is 1.16. The monoisotopic (exact) mass is 212 g/mol. The van der Waals surface area contributed by atoms with E-state index in [-0.39, 0.29) is 5.84 Å². The second-order valence-corrected chi connectivity index (χ2v) is 3.30. The van der Waals surface area contributed by atoms with Crippen LogP contribution in [-0.4, -0.2) is 22.7 Å². The molecule has 0 amide bonds. The maximum absolute atomic E-state index is 8.29. The third kappa shape index (κ3) is 4.46. The third-order valence-electron chi connectivity index (χ3n) is 1.90. The smallest absolute Gasteiger partial charge is 0.139 e. The highest BCUT2D eigenvalue weighted by Crippen LogP contribution is 2.00. The summed E-state index contributed by atoms with van der Waals surface area (Å²) >= 11 is 0. The number of nitrogens with one attached hydrogen (secondary N) is 1. The van der Waals surface area contributed by atoms with Gasteiger partial charge < -0.3 is 20.8 Å². The maximum Gasteiger partial charge on any atom is 0.139 e. The molecule has 0 atom stereocenters. The number of aryl methyl sites for hydroxylation is 1. The summed E-state index contributed by atoms with van der Waals surface area (Å²) in [6, 6.07) is 1.89. The predicted molar refractivity (Wildman–Crippen MR) is 55.6 cm³/mol. The summed E-state index contributed by atoms with van der Waals surface area (Å²) in [5, 5.41) is 18.2. The van der Waals surface area contributed by atoms with Gasteiger partial charge in [0.1, 0.15) is 11.6 Å². The van der Waals surface area contributed by atoms with Crippen molar-refractivity contribution in [2.45, 2.75) is 26.3 Å². The number of rotatable bonds is 6.